The van der Waals surface area contributed by atoms with Crippen LogP contribution in [0.5, 0.6) is 0 Å². The number of amides is 2. The van der Waals surface area contributed by atoms with Gasteiger partial charge in [0.15, 0.2) is 0 Å². The minimum atomic E-state index is -1.09. The molecule has 23 heavy (non-hydrogen) atoms. The summed E-state index contributed by atoms with van der Waals surface area (Å²) in [7, 11) is 0. The summed E-state index contributed by atoms with van der Waals surface area (Å²) < 4.78 is 13.6. The Labute approximate surface area is 134 Å². The predicted molar refractivity (Wildman–Crippen MR) is 85.2 cm³/mol. The molecule has 0 bridgehead atoms. The molecule has 0 aliphatic heterocycles. The summed E-state index contributed by atoms with van der Waals surface area (Å²) in [4.78, 5) is 15.9. The molecule has 2 rings (SSSR count). The molecule has 0 aliphatic rings. The quantitative estimate of drug-likeness (QED) is 0.767. The number of benzene rings is 1. The zero-order valence-corrected chi connectivity index (χ0v) is 12.9. The van der Waals surface area contributed by atoms with Crippen molar-refractivity contribution in [3.8, 4) is 0 Å². The molecule has 2 unspecified atom stereocenters. The fraction of sp³-hybridized carbons (Fsp3) is 0.294. The normalized spacial score (nSPS) is 13.2. The molecule has 5 nitrogen and oxygen atoms in total. The number of aromatic nitrogens is 1. The number of nitrogens with one attached hydrogen (secondary N) is 2. The molecule has 0 saturated carbocycles. The highest BCUT2D eigenvalue weighted by Gasteiger charge is 2.15. The molecule has 0 radical (unpaired) electrons. The Morgan fingerprint density at radius 3 is 2.61 bits per heavy atom. The monoisotopic (exact) mass is 317 g/mol. The zero-order valence-electron chi connectivity index (χ0n) is 12.9. The number of carbonyl (C=O) groups excluding carboxylic acids is 1. The van der Waals surface area contributed by atoms with Gasteiger partial charge in [-0.2, -0.15) is 0 Å². The van der Waals surface area contributed by atoms with E-state index < -0.39 is 18.0 Å². The van der Waals surface area contributed by atoms with Crippen LogP contribution >= 0.6 is 0 Å². The lowest BCUT2D eigenvalue weighted by Crippen LogP contribution is -2.39. The van der Waals surface area contributed by atoms with Crippen molar-refractivity contribution in [3.05, 3.63) is 65.7 Å². The fourth-order valence-corrected chi connectivity index (χ4v) is 2.27. The molecule has 2 aromatic rings. The van der Waals surface area contributed by atoms with Crippen molar-refractivity contribution in [3.63, 3.8) is 0 Å². The average molecular weight is 317 g/mol. The molecule has 0 aliphatic carbocycles. The summed E-state index contributed by atoms with van der Waals surface area (Å²) >= 11 is 0. The van der Waals surface area contributed by atoms with Gasteiger partial charge in [0.1, 0.15) is 5.82 Å². The third-order valence-electron chi connectivity index (χ3n) is 3.54. The highest BCUT2D eigenvalue weighted by atomic mass is 19.1. The van der Waals surface area contributed by atoms with Crippen LogP contribution in [0.4, 0.5) is 9.18 Å². The van der Waals surface area contributed by atoms with E-state index in [1.165, 1.54) is 12.1 Å². The first-order valence-corrected chi connectivity index (χ1v) is 7.48. The number of hydrogen-bond donors (Lipinski definition) is 3. The van der Waals surface area contributed by atoms with Crippen LogP contribution in [0, 0.1) is 5.82 Å². The second-order valence-corrected chi connectivity index (χ2v) is 5.13. The van der Waals surface area contributed by atoms with E-state index in [1.54, 1.807) is 24.5 Å². The maximum atomic E-state index is 13.6. The van der Waals surface area contributed by atoms with E-state index in [9.17, 15) is 14.3 Å². The summed E-state index contributed by atoms with van der Waals surface area (Å²) in [6.45, 7) is 1.89. The van der Waals surface area contributed by atoms with Crippen LogP contribution in [-0.4, -0.2) is 22.7 Å². The van der Waals surface area contributed by atoms with E-state index in [4.69, 9.17) is 0 Å². The number of nitrogens with zero attached hydrogens (tertiary/aromatic N) is 1. The fourth-order valence-electron chi connectivity index (χ4n) is 2.27. The Morgan fingerprint density at radius 1 is 1.26 bits per heavy atom. The van der Waals surface area contributed by atoms with E-state index in [1.807, 2.05) is 19.1 Å². The number of aliphatic hydroxyl groups is 1. The maximum absolute atomic E-state index is 13.6. The first kappa shape index (κ1) is 16.9. The molecule has 6 heteroatoms. The molecular formula is C17H20FN3O2. The number of hydrogen-bond acceptors (Lipinski definition) is 3. The van der Waals surface area contributed by atoms with Crippen molar-refractivity contribution in [1.82, 2.24) is 15.6 Å². The van der Waals surface area contributed by atoms with Crippen LogP contribution in [0.2, 0.25) is 0 Å². The van der Waals surface area contributed by atoms with Crippen molar-refractivity contribution < 1.29 is 14.3 Å². The number of halogens is 1. The van der Waals surface area contributed by atoms with Gasteiger partial charge < -0.3 is 15.7 Å². The third-order valence-corrected chi connectivity index (χ3v) is 3.54. The summed E-state index contributed by atoms with van der Waals surface area (Å²) in [6, 6.07) is 9.06. The zero-order chi connectivity index (χ0) is 16.7. The molecule has 122 valence electrons. The number of rotatable bonds is 6. The van der Waals surface area contributed by atoms with Gasteiger partial charge >= 0.3 is 6.03 Å². The van der Waals surface area contributed by atoms with Gasteiger partial charge in [-0.1, -0.05) is 25.1 Å². The molecule has 2 atom stereocenters. The van der Waals surface area contributed by atoms with Gasteiger partial charge in [0.25, 0.3) is 0 Å². The Balaban J connectivity index is 1.88. The molecule has 0 spiro atoms. The lowest BCUT2D eigenvalue weighted by atomic mass is 10.1. The summed E-state index contributed by atoms with van der Waals surface area (Å²) in [5.41, 5.74) is 1.11. The van der Waals surface area contributed by atoms with Gasteiger partial charge in [0.2, 0.25) is 0 Å². The lowest BCUT2D eigenvalue weighted by Gasteiger charge is -2.19. The highest BCUT2D eigenvalue weighted by molar-refractivity contribution is 5.74. The molecule has 1 aromatic heterocycles. The second-order valence-electron chi connectivity index (χ2n) is 5.13. The summed E-state index contributed by atoms with van der Waals surface area (Å²) in [5.74, 6) is -0.495. The molecule has 0 fully saturated rings. The first-order chi connectivity index (χ1) is 11.1. The smallest absolute Gasteiger partial charge is 0.315 e. The Kier molecular flexibility index (Phi) is 6.05. The SMILES string of the molecule is CCC(NC(=O)NCC(O)c1ccccc1F)c1ccncc1. The van der Waals surface area contributed by atoms with Crippen LogP contribution in [-0.2, 0) is 0 Å². The number of urea groups is 1. The third kappa shape index (κ3) is 4.75. The predicted octanol–water partition coefficient (Wildman–Crippen LogP) is 2.70. The van der Waals surface area contributed by atoms with Crippen molar-refractivity contribution >= 4 is 6.03 Å². The Morgan fingerprint density at radius 2 is 1.96 bits per heavy atom. The van der Waals surface area contributed by atoms with Gasteiger partial charge in [-0.25, -0.2) is 9.18 Å². The van der Waals surface area contributed by atoms with Crippen molar-refractivity contribution in [2.75, 3.05) is 6.54 Å². The minimum absolute atomic E-state index is 0.0699. The van der Waals surface area contributed by atoms with Crippen molar-refractivity contribution in [2.24, 2.45) is 0 Å². The first-order valence-electron chi connectivity index (χ1n) is 7.48. The molecule has 1 aromatic carbocycles. The number of carbonyl (C=O) groups is 1. The van der Waals surface area contributed by atoms with E-state index >= 15 is 0 Å². The average Bonchev–Trinajstić information content (AvgIpc) is 2.58. The Bertz CT molecular complexity index is 637. The maximum Gasteiger partial charge on any atom is 0.315 e. The largest absolute Gasteiger partial charge is 0.386 e. The van der Waals surface area contributed by atoms with Crippen LogP contribution in [0.3, 0.4) is 0 Å². The van der Waals surface area contributed by atoms with Gasteiger partial charge in [-0.3, -0.25) is 4.98 Å². The molecule has 2 amide bonds. The van der Waals surface area contributed by atoms with E-state index in [-0.39, 0.29) is 18.2 Å². The van der Waals surface area contributed by atoms with Gasteiger partial charge in [-0.05, 0) is 30.2 Å². The topological polar surface area (TPSA) is 74.2 Å². The van der Waals surface area contributed by atoms with E-state index in [0.717, 1.165) is 5.56 Å². The minimum Gasteiger partial charge on any atom is -0.386 e. The van der Waals surface area contributed by atoms with Crippen LogP contribution in [0.1, 0.15) is 36.6 Å². The van der Waals surface area contributed by atoms with E-state index in [2.05, 4.69) is 15.6 Å². The standard InChI is InChI=1S/C17H20FN3O2/c1-2-15(12-7-9-19-10-8-12)21-17(23)20-11-16(22)13-5-3-4-6-14(13)18/h3-10,15-16,22H,2,11H2,1H3,(H2,20,21,23). The molecule has 0 saturated heterocycles. The Hall–Kier alpha value is -2.47. The molecular weight excluding hydrogens is 297 g/mol. The summed E-state index contributed by atoms with van der Waals surface area (Å²) in [6.07, 6.45) is 2.95. The molecule has 1 heterocycles. The van der Waals surface area contributed by atoms with Crippen LogP contribution in [0.15, 0.2) is 48.8 Å². The van der Waals surface area contributed by atoms with Gasteiger partial charge in [-0.15, -0.1) is 0 Å². The number of aliphatic hydroxyl groups excluding tert-OH is 1. The van der Waals surface area contributed by atoms with Crippen molar-refractivity contribution in [1.29, 1.82) is 0 Å². The van der Waals surface area contributed by atoms with Gasteiger partial charge in [0, 0.05) is 24.5 Å². The molecule has 3 N–H and O–H groups in total. The van der Waals surface area contributed by atoms with Crippen LogP contribution < -0.4 is 10.6 Å². The van der Waals surface area contributed by atoms with Crippen LogP contribution in [0.25, 0.3) is 0 Å². The lowest BCUT2D eigenvalue weighted by molar-refractivity contribution is 0.168. The highest BCUT2D eigenvalue weighted by Crippen LogP contribution is 2.16. The van der Waals surface area contributed by atoms with Crippen molar-refractivity contribution in [2.45, 2.75) is 25.5 Å². The van der Waals surface area contributed by atoms with Gasteiger partial charge in [0.05, 0.1) is 12.1 Å². The number of pyridine rings is 1. The summed E-state index contributed by atoms with van der Waals surface area (Å²) in [5, 5.41) is 15.3. The second kappa shape index (κ2) is 8.24. The van der Waals surface area contributed by atoms with E-state index in [0.29, 0.717) is 6.42 Å².